The number of carbonyl (C=O) groups excluding carboxylic acids is 1. The molecule has 0 aliphatic carbocycles. The number of nitrogens with one attached hydrogen (secondary N) is 1. The highest BCUT2D eigenvalue weighted by atomic mass is 16.4. The molecule has 3 rings (SSSR count). The molecule has 0 radical (unpaired) electrons. The Hall–Kier alpha value is -3.49. The lowest BCUT2D eigenvalue weighted by molar-refractivity contribution is 0.0827. The third-order valence-corrected chi connectivity index (χ3v) is 3.78. The molecule has 2 aromatic heterocycles. The van der Waals surface area contributed by atoms with E-state index in [1.807, 2.05) is 13.8 Å². The van der Waals surface area contributed by atoms with Crippen LogP contribution in [-0.2, 0) is 0 Å². The SMILES string of the molecule is CC(C)c1nnc(-c2cnc(Nc3ccc(C(=O)N(C)C)cc3)nc2N)o1. The maximum absolute atomic E-state index is 11.9. The van der Waals surface area contributed by atoms with Gasteiger partial charge in [0, 0.05) is 37.5 Å². The van der Waals surface area contributed by atoms with Gasteiger partial charge in [-0.3, -0.25) is 4.79 Å². The van der Waals surface area contributed by atoms with Gasteiger partial charge in [-0.15, -0.1) is 10.2 Å². The fourth-order valence-electron chi connectivity index (χ4n) is 2.28. The minimum Gasteiger partial charge on any atom is -0.420 e. The summed E-state index contributed by atoms with van der Waals surface area (Å²) in [7, 11) is 3.42. The number of hydrogen-bond donors (Lipinski definition) is 2. The number of anilines is 3. The summed E-state index contributed by atoms with van der Waals surface area (Å²) < 4.78 is 5.59. The Labute approximate surface area is 156 Å². The molecule has 0 atom stereocenters. The fourth-order valence-corrected chi connectivity index (χ4v) is 2.28. The molecule has 1 amide bonds. The number of nitrogens with zero attached hydrogens (tertiary/aromatic N) is 5. The van der Waals surface area contributed by atoms with E-state index in [2.05, 4.69) is 25.5 Å². The molecular formula is C18H21N7O2. The number of amides is 1. The number of nitrogens with two attached hydrogens (primary N) is 1. The highest BCUT2D eigenvalue weighted by Gasteiger charge is 2.16. The highest BCUT2D eigenvalue weighted by molar-refractivity contribution is 5.94. The summed E-state index contributed by atoms with van der Waals surface area (Å²) in [6.07, 6.45) is 1.53. The fraction of sp³-hybridized carbons (Fsp3) is 0.278. The van der Waals surface area contributed by atoms with Gasteiger partial charge in [-0.2, -0.15) is 4.98 Å². The molecule has 0 aliphatic heterocycles. The molecule has 0 bridgehead atoms. The van der Waals surface area contributed by atoms with E-state index in [0.29, 0.717) is 23.0 Å². The Balaban J connectivity index is 1.76. The molecule has 0 saturated carbocycles. The largest absolute Gasteiger partial charge is 0.420 e. The van der Waals surface area contributed by atoms with Gasteiger partial charge in [0.1, 0.15) is 5.82 Å². The van der Waals surface area contributed by atoms with Gasteiger partial charge in [-0.05, 0) is 24.3 Å². The van der Waals surface area contributed by atoms with Crippen molar-refractivity contribution < 1.29 is 9.21 Å². The summed E-state index contributed by atoms with van der Waals surface area (Å²) >= 11 is 0. The lowest BCUT2D eigenvalue weighted by Crippen LogP contribution is -2.21. The van der Waals surface area contributed by atoms with E-state index in [1.54, 1.807) is 38.4 Å². The lowest BCUT2D eigenvalue weighted by atomic mass is 10.2. The molecule has 9 nitrogen and oxygen atoms in total. The second-order valence-electron chi connectivity index (χ2n) is 6.49. The van der Waals surface area contributed by atoms with Crippen LogP contribution in [-0.4, -0.2) is 45.1 Å². The predicted molar refractivity (Wildman–Crippen MR) is 102 cm³/mol. The van der Waals surface area contributed by atoms with Gasteiger partial charge >= 0.3 is 0 Å². The quantitative estimate of drug-likeness (QED) is 0.705. The first kappa shape index (κ1) is 18.3. The Morgan fingerprint density at radius 2 is 1.89 bits per heavy atom. The first-order valence-corrected chi connectivity index (χ1v) is 8.40. The molecule has 0 unspecified atom stereocenters. The van der Waals surface area contributed by atoms with Crippen LogP contribution in [0.2, 0.25) is 0 Å². The van der Waals surface area contributed by atoms with Crippen molar-refractivity contribution in [1.29, 1.82) is 0 Å². The van der Waals surface area contributed by atoms with E-state index >= 15 is 0 Å². The van der Waals surface area contributed by atoms with Crippen molar-refractivity contribution in [3.63, 3.8) is 0 Å². The third-order valence-electron chi connectivity index (χ3n) is 3.78. The number of nitrogen functional groups attached to an aromatic ring is 1. The molecule has 1 aromatic carbocycles. The summed E-state index contributed by atoms with van der Waals surface area (Å²) in [6, 6.07) is 7.01. The van der Waals surface area contributed by atoms with Gasteiger partial charge in [-0.1, -0.05) is 13.8 Å². The maximum atomic E-state index is 11.9. The van der Waals surface area contributed by atoms with Crippen molar-refractivity contribution >= 4 is 23.4 Å². The highest BCUT2D eigenvalue weighted by Crippen LogP contribution is 2.26. The topological polar surface area (TPSA) is 123 Å². The number of hydrogen-bond acceptors (Lipinski definition) is 8. The molecule has 0 fully saturated rings. The third kappa shape index (κ3) is 4.02. The molecule has 2 heterocycles. The average Bonchev–Trinajstić information content (AvgIpc) is 3.12. The summed E-state index contributed by atoms with van der Waals surface area (Å²) in [5.41, 5.74) is 7.83. The Morgan fingerprint density at radius 3 is 2.44 bits per heavy atom. The van der Waals surface area contributed by atoms with E-state index in [1.165, 1.54) is 11.1 Å². The minimum atomic E-state index is -0.0632. The standard InChI is InChI=1S/C18H21N7O2/c1-10(2)15-23-24-16(27-15)13-9-20-18(22-14(13)19)21-12-7-5-11(6-8-12)17(26)25(3)4/h5-10H,1-4H3,(H3,19,20,21,22). The van der Waals surface area contributed by atoms with Crippen LogP contribution in [0.25, 0.3) is 11.5 Å². The molecule has 0 spiro atoms. The van der Waals surface area contributed by atoms with Crippen LogP contribution in [0.1, 0.15) is 36.0 Å². The molecular weight excluding hydrogens is 346 g/mol. The Morgan fingerprint density at radius 1 is 1.19 bits per heavy atom. The number of rotatable bonds is 5. The van der Waals surface area contributed by atoms with Crippen molar-refractivity contribution in [3.05, 3.63) is 41.9 Å². The second-order valence-corrected chi connectivity index (χ2v) is 6.49. The zero-order valence-electron chi connectivity index (χ0n) is 15.6. The lowest BCUT2D eigenvalue weighted by Gasteiger charge is -2.11. The number of benzene rings is 1. The molecule has 140 valence electrons. The Bertz CT molecular complexity index is 949. The Kier molecular flexibility index (Phi) is 5.02. The first-order chi connectivity index (χ1) is 12.8. The predicted octanol–water partition coefficient (Wildman–Crippen LogP) is 2.68. The molecule has 9 heteroatoms. The van der Waals surface area contributed by atoms with Crippen molar-refractivity contribution in [2.45, 2.75) is 19.8 Å². The molecule has 27 heavy (non-hydrogen) atoms. The smallest absolute Gasteiger partial charge is 0.253 e. The van der Waals surface area contributed by atoms with Gasteiger partial charge in [-0.25, -0.2) is 4.98 Å². The van der Waals surface area contributed by atoms with Crippen LogP contribution in [0.15, 0.2) is 34.9 Å². The van der Waals surface area contributed by atoms with Crippen molar-refractivity contribution in [1.82, 2.24) is 25.1 Å². The van der Waals surface area contributed by atoms with Crippen LogP contribution >= 0.6 is 0 Å². The van der Waals surface area contributed by atoms with E-state index in [9.17, 15) is 4.79 Å². The normalized spacial score (nSPS) is 10.9. The minimum absolute atomic E-state index is 0.0632. The summed E-state index contributed by atoms with van der Waals surface area (Å²) in [5, 5.41) is 11.0. The second kappa shape index (κ2) is 7.40. The molecule has 3 N–H and O–H groups in total. The van der Waals surface area contributed by atoms with E-state index in [0.717, 1.165) is 5.69 Å². The van der Waals surface area contributed by atoms with E-state index in [4.69, 9.17) is 10.2 Å². The summed E-state index contributed by atoms with van der Waals surface area (Å²) in [6.45, 7) is 3.92. The number of aromatic nitrogens is 4. The maximum Gasteiger partial charge on any atom is 0.253 e. The molecule has 0 saturated heterocycles. The molecule has 0 aliphatic rings. The van der Waals surface area contributed by atoms with Crippen molar-refractivity contribution in [2.24, 2.45) is 0 Å². The van der Waals surface area contributed by atoms with E-state index in [-0.39, 0.29) is 23.5 Å². The van der Waals surface area contributed by atoms with Gasteiger partial charge in [0.2, 0.25) is 11.8 Å². The van der Waals surface area contributed by atoms with Gasteiger partial charge in [0.25, 0.3) is 11.8 Å². The van der Waals surface area contributed by atoms with Gasteiger partial charge < -0.3 is 20.4 Å². The monoisotopic (exact) mass is 367 g/mol. The first-order valence-electron chi connectivity index (χ1n) is 8.40. The summed E-state index contributed by atoms with van der Waals surface area (Å²) in [5.74, 6) is 1.43. The van der Waals surface area contributed by atoms with Crippen LogP contribution < -0.4 is 11.1 Å². The van der Waals surface area contributed by atoms with Crippen LogP contribution in [0.3, 0.4) is 0 Å². The van der Waals surface area contributed by atoms with Crippen molar-refractivity contribution in [2.75, 3.05) is 25.1 Å². The van der Waals surface area contributed by atoms with Crippen LogP contribution in [0.4, 0.5) is 17.5 Å². The van der Waals surface area contributed by atoms with Gasteiger partial charge in [0.15, 0.2) is 0 Å². The van der Waals surface area contributed by atoms with Crippen LogP contribution in [0.5, 0.6) is 0 Å². The van der Waals surface area contributed by atoms with Crippen LogP contribution in [0, 0.1) is 0 Å². The van der Waals surface area contributed by atoms with Gasteiger partial charge in [0.05, 0.1) is 5.56 Å². The average molecular weight is 367 g/mol. The number of carbonyl (C=O) groups is 1. The zero-order chi connectivity index (χ0) is 19.6. The zero-order valence-corrected chi connectivity index (χ0v) is 15.6. The molecule has 3 aromatic rings. The van der Waals surface area contributed by atoms with E-state index < -0.39 is 0 Å². The summed E-state index contributed by atoms with van der Waals surface area (Å²) in [4.78, 5) is 21.9. The van der Waals surface area contributed by atoms with Crippen molar-refractivity contribution in [3.8, 4) is 11.5 Å².